The molecule has 3 aromatic carbocycles. The van der Waals surface area contributed by atoms with Crippen LogP contribution in [0.5, 0.6) is 5.75 Å². The van der Waals surface area contributed by atoms with Crippen LogP contribution in [0.15, 0.2) is 76.0 Å². The van der Waals surface area contributed by atoms with E-state index < -0.39 is 5.91 Å². The van der Waals surface area contributed by atoms with Crippen LogP contribution in [0.1, 0.15) is 21.5 Å². The molecule has 3 rings (SSSR count). The Morgan fingerprint density at radius 3 is 2.55 bits per heavy atom. The van der Waals surface area contributed by atoms with E-state index in [1.54, 1.807) is 54.6 Å². The van der Waals surface area contributed by atoms with Crippen LogP contribution in [-0.2, 0) is 0 Å². The lowest BCUT2D eigenvalue weighted by Gasteiger charge is -2.04. The fourth-order valence-corrected chi connectivity index (χ4v) is 2.87. The Morgan fingerprint density at radius 2 is 1.79 bits per heavy atom. The van der Waals surface area contributed by atoms with Gasteiger partial charge in [0.1, 0.15) is 11.4 Å². The molecule has 0 unspecified atom stereocenters. The Labute approximate surface area is 177 Å². The summed E-state index contributed by atoms with van der Waals surface area (Å²) in [4.78, 5) is 12.2. The number of aryl methyl sites for hydroxylation is 1. The van der Waals surface area contributed by atoms with E-state index in [0.717, 1.165) is 5.56 Å². The number of hydrazone groups is 1. The molecule has 8 heteroatoms. The van der Waals surface area contributed by atoms with Crippen molar-refractivity contribution in [2.45, 2.75) is 6.92 Å². The van der Waals surface area contributed by atoms with Gasteiger partial charge in [0.25, 0.3) is 5.91 Å². The number of hydrogen-bond acceptors (Lipinski definition) is 5. The van der Waals surface area contributed by atoms with Gasteiger partial charge in [0, 0.05) is 5.56 Å². The molecule has 0 saturated carbocycles. The van der Waals surface area contributed by atoms with E-state index in [-0.39, 0.29) is 5.75 Å². The van der Waals surface area contributed by atoms with Crippen LogP contribution in [-0.4, -0.2) is 17.2 Å². The molecule has 3 aromatic rings. The summed E-state index contributed by atoms with van der Waals surface area (Å²) in [5, 5.41) is 22.9. The zero-order chi connectivity index (χ0) is 20.8. The Hall–Kier alpha value is -3.22. The summed E-state index contributed by atoms with van der Waals surface area (Å²) < 4.78 is 0. The minimum absolute atomic E-state index is 0.0203. The van der Waals surface area contributed by atoms with Gasteiger partial charge >= 0.3 is 0 Å². The maximum atomic E-state index is 12.2. The van der Waals surface area contributed by atoms with E-state index in [4.69, 9.17) is 23.2 Å². The van der Waals surface area contributed by atoms with Crippen LogP contribution in [0.3, 0.4) is 0 Å². The molecule has 0 aliphatic carbocycles. The number of phenols is 1. The minimum atomic E-state index is -0.458. The molecule has 0 bridgehead atoms. The molecular formula is C21H16Cl2N4O2. The second-order valence-electron chi connectivity index (χ2n) is 6.08. The van der Waals surface area contributed by atoms with Gasteiger partial charge in [-0.3, -0.25) is 4.79 Å². The highest BCUT2D eigenvalue weighted by atomic mass is 35.5. The molecule has 0 heterocycles. The zero-order valence-electron chi connectivity index (χ0n) is 15.3. The van der Waals surface area contributed by atoms with Gasteiger partial charge in [-0.15, -0.1) is 5.11 Å². The van der Waals surface area contributed by atoms with Gasteiger partial charge in [0.05, 0.1) is 27.5 Å². The maximum Gasteiger partial charge on any atom is 0.272 e. The van der Waals surface area contributed by atoms with Crippen molar-refractivity contribution >= 4 is 46.7 Å². The predicted molar refractivity (Wildman–Crippen MR) is 115 cm³/mol. The van der Waals surface area contributed by atoms with Crippen molar-refractivity contribution in [3.63, 3.8) is 0 Å². The quantitative estimate of drug-likeness (QED) is 0.289. The summed E-state index contributed by atoms with van der Waals surface area (Å²) in [7, 11) is 0. The number of amides is 1. The number of nitrogens with zero attached hydrogens (tertiary/aromatic N) is 3. The third-order valence-corrected chi connectivity index (χ3v) is 4.51. The van der Waals surface area contributed by atoms with Gasteiger partial charge in [0.2, 0.25) is 0 Å². The Bertz CT molecular complexity index is 1110. The first-order chi connectivity index (χ1) is 13.9. The highest BCUT2D eigenvalue weighted by Gasteiger charge is 2.09. The summed E-state index contributed by atoms with van der Waals surface area (Å²) in [6.07, 6.45) is 1.31. The molecule has 0 fully saturated rings. The zero-order valence-corrected chi connectivity index (χ0v) is 16.8. The molecule has 146 valence electrons. The van der Waals surface area contributed by atoms with Crippen LogP contribution in [0, 0.1) is 6.92 Å². The Balaban J connectivity index is 1.73. The Kier molecular flexibility index (Phi) is 6.59. The first-order valence-electron chi connectivity index (χ1n) is 8.53. The first-order valence-corrected chi connectivity index (χ1v) is 9.28. The number of azo groups is 1. The van der Waals surface area contributed by atoms with E-state index in [1.165, 1.54) is 12.3 Å². The van der Waals surface area contributed by atoms with E-state index in [9.17, 15) is 9.90 Å². The lowest BCUT2D eigenvalue weighted by atomic mass is 10.1. The van der Waals surface area contributed by atoms with Gasteiger partial charge in [0.15, 0.2) is 0 Å². The number of carbonyl (C=O) groups excluding carboxylic acids is 1. The first kappa shape index (κ1) is 20.5. The standard InChI is InChI=1S/C21H16Cl2N4O2/c1-13-6-8-16(18(23)10-13)21(29)27-24-12-14-11-15(7-9-20(14)28)25-26-19-5-3-2-4-17(19)22/h2-12,28H,1H3,(H,27,29)/b24-12+,26-25?. The van der Waals surface area contributed by atoms with Crippen molar-refractivity contribution in [3.05, 3.63) is 87.4 Å². The molecule has 0 atom stereocenters. The summed E-state index contributed by atoms with van der Waals surface area (Å²) in [6, 6.07) is 16.8. The van der Waals surface area contributed by atoms with E-state index in [0.29, 0.717) is 32.5 Å². The fraction of sp³-hybridized carbons (Fsp3) is 0.0476. The van der Waals surface area contributed by atoms with Gasteiger partial charge in [-0.25, -0.2) is 5.43 Å². The lowest BCUT2D eigenvalue weighted by molar-refractivity contribution is 0.0955. The molecule has 0 saturated heterocycles. The van der Waals surface area contributed by atoms with Crippen molar-refractivity contribution in [3.8, 4) is 5.75 Å². The van der Waals surface area contributed by atoms with E-state index in [1.807, 2.05) is 6.92 Å². The number of nitrogens with one attached hydrogen (secondary N) is 1. The van der Waals surface area contributed by atoms with Crippen molar-refractivity contribution in [1.29, 1.82) is 0 Å². The molecular weight excluding hydrogens is 411 g/mol. The summed E-state index contributed by atoms with van der Waals surface area (Å²) in [5.41, 5.74) is 5.00. The predicted octanol–water partition coefficient (Wildman–Crippen LogP) is 6.19. The van der Waals surface area contributed by atoms with Crippen molar-refractivity contribution in [1.82, 2.24) is 5.43 Å². The summed E-state index contributed by atoms with van der Waals surface area (Å²) in [6.45, 7) is 1.88. The normalized spacial score (nSPS) is 11.3. The summed E-state index contributed by atoms with van der Waals surface area (Å²) >= 11 is 12.1. The number of phenolic OH excluding ortho intramolecular Hbond substituents is 1. The number of carbonyl (C=O) groups is 1. The molecule has 0 spiro atoms. The number of hydrogen-bond donors (Lipinski definition) is 2. The third-order valence-electron chi connectivity index (χ3n) is 3.88. The summed E-state index contributed by atoms with van der Waals surface area (Å²) in [5.74, 6) is -0.478. The van der Waals surface area contributed by atoms with Gasteiger partial charge in [-0.05, 0) is 55.0 Å². The molecule has 0 aliphatic heterocycles. The highest BCUT2D eigenvalue weighted by molar-refractivity contribution is 6.34. The smallest absolute Gasteiger partial charge is 0.272 e. The monoisotopic (exact) mass is 426 g/mol. The SMILES string of the molecule is Cc1ccc(C(=O)N/N=C/c2cc(N=Nc3ccccc3Cl)ccc2O)c(Cl)c1. The molecule has 1 amide bonds. The van der Waals surface area contributed by atoms with Crippen LogP contribution in [0.25, 0.3) is 0 Å². The van der Waals surface area contributed by atoms with Crippen molar-refractivity contribution in [2.75, 3.05) is 0 Å². The van der Waals surface area contributed by atoms with Crippen LogP contribution < -0.4 is 5.43 Å². The third kappa shape index (κ3) is 5.40. The Morgan fingerprint density at radius 1 is 1.00 bits per heavy atom. The van der Waals surface area contributed by atoms with Crippen LogP contribution in [0.2, 0.25) is 10.0 Å². The number of halogens is 2. The highest BCUT2D eigenvalue weighted by Crippen LogP contribution is 2.27. The molecule has 2 N–H and O–H groups in total. The molecule has 0 aliphatic rings. The van der Waals surface area contributed by atoms with E-state index >= 15 is 0 Å². The second kappa shape index (κ2) is 9.32. The second-order valence-corrected chi connectivity index (χ2v) is 6.89. The average Bonchev–Trinajstić information content (AvgIpc) is 2.69. The van der Waals surface area contributed by atoms with E-state index in [2.05, 4.69) is 20.8 Å². The van der Waals surface area contributed by atoms with Gasteiger partial charge < -0.3 is 5.11 Å². The fourth-order valence-electron chi connectivity index (χ4n) is 2.38. The van der Waals surface area contributed by atoms with Crippen molar-refractivity contribution < 1.29 is 9.90 Å². The van der Waals surface area contributed by atoms with Gasteiger partial charge in [-0.1, -0.05) is 41.4 Å². The van der Waals surface area contributed by atoms with Gasteiger partial charge in [-0.2, -0.15) is 10.2 Å². The number of aromatic hydroxyl groups is 1. The number of benzene rings is 3. The number of rotatable bonds is 5. The largest absolute Gasteiger partial charge is 0.507 e. The molecule has 29 heavy (non-hydrogen) atoms. The average molecular weight is 427 g/mol. The molecule has 0 radical (unpaired) electrons. The topological polar surface area (TPSA) is 86.4 Å². The lowest BCUT2D eigenvalue weighted by Crippen LogP contribution is -2.18. The minimum Gasteiger partial charge on any atom is -0.507 e. The van der Waals surface area contributed by atoms with Crippen LogP contribution >= 0.6 is 23.2 Å². The maximum absolute atomic E-state index is 12.2. The van der Waals surface area contributed by atoms with Crippen molar-refractivity contribution in [2.24, 2.45) is 15.3 Å². The van der Waals surface area contributed by atoms with Crippen LogP contribution in [0.4, 0.5) is 11.4 Å². The molecule has 0 aromatic heterocycles. The molecule has 6 nitrogen and oxygen atoms in total.